The summed E-state index contributed by atoms with van der Waals surface area (Å²) in [5.74, 6) is -1.68. The first kappa shape index (κ1) is 21.4. The molecule has 1 aromatic rings. The molecule has 0 radical (unpaired) electrons. The molecule has 1 aromatic carbocycles. The minimum absolute atomic E-state index is 0.0498. The molecule has 0 fully saturated rings. The van der Waals surface area contributed by atoms with Crippen molar-refractivity contribution in [1.82, 2.24) is 0 Å². The number of hydrogen-bond acceptors (Lipinski definition) is 2. The molecule has 6 heteroatoms. The van der Waals surface area contributed by atoms with E-state index in [4.69, 9.17) is 9.16 Å². The predicted octanol–water partition coefficient (Wildman–Crippen LogP) is 7.43. The summed E-state index contributed by atoms with van der Waals surface area (Å²) < 4.78 is 43.0. The predicted molar refractivity (Wildman–Crippen MR) is 110 cm³/mol. The van der Waals surface area contributed by atoms with Gasteiger partial charge in [-0.2, -0.15) is 4.39 Å². The van der Waals surface area contributed by atoms with Crippen molar-refractivity contribution in [3.63, 3.8) is 0 Å². The maximum atomic E-state index is 15.3. The van der Waals surface area contributed by atoms with Gasteiger partial charge in [-0.15, -0.1) is 0 Å². The lowest BCUT2D eigenvalue weighted by Crippen LogP contribution is -2.51. The molecule has 2 rings (SSSR count). The molecule has 0 aliphatic carbocycles. The molecule has 26 heavy (non-hydrogen) atoms. The average Bonchev–Trinajstić information content (AvgIpc) is 2.48. The Morgan fingerprint density at radius 2 is 1.54 bits per heavy atom. The zero-order valence-electron chi connectivity index (χ0n) is 16.8. The smallest absolute Gasteiger partial charge is 0.259 e. The second kappa shape index (κ2) is 7.27. The van der Waals surface area contributed by atoms with Crippen molar-refractivity contribution in [1.29, 1.82) is 0 Å². The highest BCUT2D eigenvalue weighted by Crippen LogP contribution is 2.47. The minimum atomic E-state index is -2.49. The van der Waals surface area contributed by atoms with Gasteiger partial charge >= 0.3 is 0 Å². The molecular formula is C20H29BrF2O2Si. The number of hydrogen-bond donors (Lipinski definition) is 0. The molecule has 2 nitrogen and oxygen atoms in total. The van der Waals surface area contributed by atoms with E-state index in [0.717, 1.165) is 4.48 Å². The van der Waals surface area contributed by atoms with E-state index >= 15 is 4.39 Å². The van der Waals surface area contributed by atoms with Crippen molar-refractivity contribution in [2.75, 3.05) is 0 Å². The summed E-state index contributed by atoms with van der Waals surface area (Å²) in [5.41, 5.74) is 0.298. The Kier molecular flexibility index (Phi) is 5.98. The Morgan fingerprint density at radius 1 is 1.04 bits per heavy atom. The Hall–Kier alpha value is -0.883. The number of fused-ring (bicyclic) bond motifs is 1. The standard InChI is InChI=1S/C20H29BrF2O2Si/c1-11(2)26(12(3)4,13(5)6)25-19-15(22)9-14-10-16(21)20(7,8)24-18(14)17(19)23/h9-13H,1-8H3. The summed E-state index contributed by atoms with van der Waals surface area (Å²) in [7, 11) is -2.49. The summed E-state index contributed by atoms with van der Waals surface area (Å²) in [6.45, 7) is 16.2. The zero-order valence-corrected chi connectivity index (χ0v) is 19.4. The minimum Gasteiger partial charge on any atom is -0.539 e. The van der Waals surface area contributed by atoms with Crippen LogP contribution >= 0.6 is 15.9 Å². The van der Waals surface area contributed by atoms with E-state index < -0.39 is 25.6 Å². The van der Waals surface area contributed by atoms with Gasteiger partial charge in [0, 0.05) is 10.0 Å². The van der Waals surface area contributed by atoms with Gasteiger partial charge in [0.05, 0.1) is 0 Å². The Balaban J connectivity index is 2.62. The summed E-state index contributed by atoms with van der Waals surface area (Å²) in [5, 5.41) is 0. The molecule has 1 heterocycles. The van der Waals surface area contributed by atoms with Gasteiger partial charge in [0.25, 0.3) is 8.32 Å². The highest BCUT2D eigenvalue weighted by molar-refractivity contribution is 9.11. The number of halogens is 3. The van der Waals surface area contributed by atoms with Crippen LogP contribution < -0.4 is 9.16 Å². The van der Waals surface area contributed by atoms with E-state index in [1.165, 1.54) is 6.07 Å². The molecule has 146 valence electrons. The fraction of sp³-hybridized carbons (Fsp3) is 0.600. The van der Waals surface area contributed by atoms with Crippen molar-refractivity contribution in [3.05, 3.63) is 27.7 Å². The number of rotatable bonds is 5. The van der Waals surface area contributed by atoms with Crippen molar-refractivity contribution in [2.24, 2.45) is 0 Å². The quantitative estimate of drug-likeness (QED) is 0.437. The highest BCUT2D eigenvalue weighted by Gasteiger charge is 2.48. The first-order valence-electron chi connectivity index (χ1n) is 9.12. The van der Waals surface area contributed by atoms with Crippen LogP contribution in [0.4, 0.5) is 8.78 Å². The normalized spacial score (nSPS) is 16.6. The van der Waals surface area contributed by atoms with Gasteiger partial charge in [0.2, 0.25) is 5.82 Å². The fourth-order valence-corrected chi connectivity index (χ4v) is 9.63. The van der Waals surface area contributed by atoms with E-state index in [-0.39, 0.29) is 28.1 Å². The summed E-state index contributed by atoms with van der Waals surface area (Å²) >= 11 is 3.42. The number of benzene rings is 1. The van der Waals surface area contributed by atoms with Crippen LogP contribution in [0.5, 0.6) is 11.5 Å². The van der Waals surface area contributed by atoms with Gasteiger partial charge in [0.1, 0.15) is 5.60 Å². The SMILES string of the molecule is CC(C)[Si](Oc1c(F)cc2c(c1F)OC(C)(C)C(Br)=C2)(C(C)C)C(C)C. The maximum Gasteiger partial charge on any atom is 0.259 e. The highest BCUT2D eigenvalue weighted by atomic mass is 79.9. The summed E-state index contributed by atoms with van der Waals surface area (Å²) in [6.07, 6.45) is 1.70. The van der Waals surface area contributed by atoms with Crippen molar-refractivity contribution in [3.8, 4) is 11.5 Å². The van der Waals surface area contributed by atoms with Gasteiger partial charge in [0.15, 0.2) is 17.3 Å². The van der Waals surface area contributed by atoms with Crippen LogP contribution in [0, 0.1) is 11.6 Å². The molecule has 1 aliphatic rings. The Labute approximate surface area is 165 Å². The molecular weight excluding hydrogens is 418 g/mol. The molecule has 0 unspecified atom stereocenters. The van der Waals surface area contributed by atoms with Crippen LogP contribution in [0.3, 0.4) is 0 Å². The van der Waals surface area contributed by atoms with Gasteiger partial charge in [-0.25, -0.2) is 4.39 Å². The van der Waals surface area contributed by atoms with Gasteiger partial charge < -0.3 is 9.16 Å². The molecule has 0 aromatic heterocycles. The van der Waals surface area contributed by atoms with Crippen molar-refractivity contribution in [2.45, 2.75) is 77.6 Å². The van der Waals surface area contributed by atoms with Crippen LogP contribution in [-0.2, 0) is 0 Å². The van der Waals surface area contributed by atoms with E-state index in [0.29, 0.717) is 5.56 Å². The van der Waals surface area contributed by atoms with Crippen molar-refractivity contribution >= 4 is 30.3 Å². The maximum absolute atomic E-state index is 15.3. The van der Waals surface area contributed by atoms with E-state index in [9.17, 15) is 4.39 Å². The van der Waals surface area contributed by atoms with E-state index in [1.807, 2.05) is 13.8 Å². The second-order valence-corrected chi connectivity index (χ2v) is 14.7. The molecule has 0 amide bonds. The third-order valence-electron chi connectivity index (χ3n) is 5.36. The van der Waals surface area contributed by atoms with Crippen LogP contribution in [0.25, 0.3) is 6.08 Å². The third kappa shape index (κ3) is 3.47. The van der Waals surface area contributed by atoms with Crippen LogP contribution in [0.2, 0.25) is 16.6 Å². The first-order valence-corrected chi connectivity index (χ1v) is 12.1. The lowest BCUT2D eigenvalue weighted by Gasteiger charge is -2.42. The van der Waals surface area contributed by atoms with E-state index in [2.05, 4.69) is 57.5 Å². The molecule has 0 atom stereocenters. The Bertz CT molecular complexity index is 705. The largest absolute Gasteiger partial charge is 0.539 e. The third-order valence-corrected chi connectivity index (χ3v) is 12.5. The van der Waals surface area contributed by atoms with Crippen molar-refractivity contribution < 1.29 is 17.9 Å². The second-order valence-electron chi connectivity index (χ2n) is 8.44. The molecule has 1 aliphatic heterocycles. The van der Waals surface area contributed by atoms with Crippen LogP contribution in [0.15, 0.2) is 10.5 Å². The van der Waals surface area contributed by atoms with Gasteiger partial charge in [-0.3, -0.25) is 0 Å². The van der Waals surface area contributed by atoms with Crippen LogP contribution in [-0.4, -0.2) is 13.9 Å². The van der Waals surface area contributed by atoms with Gasteiger partial charge in [-0.05, 0) is 42.6 Å². The topological polar surface area (TPSA) is 18.5 Å². The molecule has 0 bridgehead atoms. The monoisotopic (exact) mass is 446 g/mol. The first-order chi connectivity index (χ1) is 11.8. The number of ether oxygens (including phenoxy) is 1. The lowest BCUT2D eigenvalue weighted by atomic mass is 10.0. The lowest BCUT2D eigenvalue weighted by molar-refractivity contribution is 0.146. The average molecular weight is 447 g/mol. The molecule has 0 N–H and O–H groups in total. The fourth-order valence-electron chi connectivity index (χ4n) is 4.05. The van der Waals surface area contributed by atoms with Gasteiger partial charge in [-0.1, -0.05) is 57.5 Å². The van der Waals surface area contributed by atoms with Crippen LogP contribution in [0.1, 0.15) is 61.0 Å². The summed E-state index contributed by atoms with van der Waals surface area (Å²) in [6, 6.07) is 1.30. The zero-order chi connectivity index (χ0) is 20.0. The molecule has 0 saturated heterocycles. The Morgan fingerprint density at radius 3 is 2.00 bits per heavy atom. The molecule has 0 spiro atoms. The van der Waals surface area contributed by atoms with E-state index in [1.54, 1.807) is 6.08 Å². The molecule has 0 saturated carbocycles. The summed E-state index contributed by atoms with van der Waals surface area (Å²) in [4.78, 5) is 0.